The van der Waals surface area contributed by atoms with Gasteiger partial charge in [0.1, 0.15) is 0 Å². The minimum atomic E-state index is 0.0468. The largest absolute Gasteiger partial charge is 0.356 e. The summed E-state index contributed by atoms with van der Waals surface area (Å²) < 4.78 is 2.51. The molecular formula is C17H22N2O. The summed E-state index contributed by atoms with van der Waals surface area (Å²) in [6, 6.07) is 8.64. The van der Waals surface area contributed by atoms with Crippen molar-refractivity contribution in [3.05, 3.63) is 35.5 Å². The molecule has 0 bridgehead atoms. The molecule has 1 aliphatic rings. The topological polar surface area (TPSA) is 34.0 Å². The zero-order valence-corrected chi connectivity index (χ0v) is 12.5. The summed E-state index contributed by atoms with van der Waals surface area (Å²) in [6.45, 7) is 6.92. The average Bonchev–Trinajstić information content (AvgIpc) is 2.87. The van der Waals surface area contributed by atoms with Crippen LogP contribution in [0.5, 0.6) is 0 Å². The third-order valence-electron chi connectivity index (χ3n) is 4.42. The summed E-state index contributed by atoms with van der Waals surface area (Å²) in [6.07, 6.45) is 3.25. The van der Waals surface area contributed by atoms with Crippen molar-refractivity contribution in [2.24, 2.45) is 0 Å². The smallest absolute Gasteiger partial charge is 0.216 e. The number of aromatic nitrogens is 1. The van der Waals surface area contributed by atoms with Gasteiger partial charge in [0.2, 0.25) is 5.91 Å². The highest BCUT2D eigenvalue weighted by Crippen LogP contribution is 2.40. The van der Waals surface area contributed by atoms with Crippen LogP contribution in [0.15, 0.2) is 24.3 Å². The summed E-state index contributed by atoms with van der Waals surface area (Å²) >= 11 is 0. The molecule has 1 aromatic heterocycles. The van der Waals surface area contributed by atoms with Crippen molar-refractivity contribution in [1.29, 1.82) is 0 Å². The minimum Gasteiger partial charge on any atom is -0.356 e. The van der Waals surface area contributed by atoms with Gasteiger partial charge < -0.3 is 9.88 Å². The van der Waals surface area contributed by atoms with Crippen molar-refractivity contribution in [3.63, 3.8) is 0 Å². The average molecular weight is 270 g/mol. The summed E-state index contributed by atoms with van der Waals surface area (Å²) in [5.41, 5.74) is 4.41. The van der Waals surface area contributed by atoms with Crippen LogP contribution in [0, 0.1) is 0 Å². The highest BCUT2D eigenvalue weighted by molar-refractivity contribution is 5.86. The Bertz CT molecular complexity index is 667. The Morgan fingerprint density at radius 1 is 1.35 bits per heavy atom. The van der Waals surface area contributed by atoms with E-state index >= 15 is 0 Å². The Hall–Kier alpha value is -1.77. The van der Waals surface area contributed by atoms with Gasteiger partial charge >= 0.3 is 0 Å². The van der Waals surface area contributed by atoms with Crippen LogP contribution < -0.4 is 5.32 Å². The lowest BCUT2D eigenvalue weighted by molar-refractivity contribution is -0.118. The Morgan fingerprint density at radius 3 is 2.85 bits per heavy atom. The Morgan fingerprint density at radius 2 is 2.10 bits per heavy atom. The minimum absolute atomic E-state index is 0.0468. The van der Waals surface area contributed by atoms with Crippen LogP contribution in [0.1, 0.15) is 38.4 Å². The number of carbonyl (C=O) groups is 1. The molecule has 1 aliphatic heterocycles. The first-order valence-electron chi connectivity index (χ1n) is 7.37. The van der Waals surface area contributed by atoms with Gasteiger partial charge in [0.25, 0.3) is 0 Å². The quantitative estimate of drug-likeness (QED) is 0.914. The first-order chi connectivity index (χ1) is 9.50. The molecule has 0 unspecified atom stereocenters. The second-order valence-corrected chi connectivity index (χ2v) is 6.32. The highest BCUT2D eigenvalue weighted by atomic mass is 16.1. The second kappa shape index (κ2) is 4.65. The molecular weight excluding hydrogens is 248 g/mol. The number of para-hydroxylation sites is 1. The fourth-order valence-corrected chi connectivity index (χ4v) is 3.49. The van der Waals surface area contributed by atoms with Gasteiger partial charge in [-0.25, -0.2) is 0 Å². The molecule has 20 heavy (non-hydrogen) atoms. The molecule has 0 radical (unpaired) electrons. The zero-order valence-electron chi connectivity index (χ0n) is 12.5. The van der Waals surface area contributed by atoms with Crippen molar-refractivity contribution in [1.82, 2.24) is 9.88 Å². The lowest BCUT2D eigenvalue weighted by Gasteiger charge is -2.22. The Kier molecular flexibility index (Phi) is 3.08. The standard InChI is InChI=1S/C17H22N2O/c1-12(20)18-11-9-14-13-6-4-5-7-15(13)19-16(14)8-10-17(19,2)3/h4-7H,8-11H2,1-3H3,(H,18,20). The second-order valence-electron chi connectivity index (χ2n) is 6.32. The fraction of sp³-hybridized carbons (Fsp3) is 0.471. The molecule has 1 aromatic carbocycles. The van der Waals surface area contributed by atoms with Crippen molar-refractivity contribution in [2.75, 3.05) is 6.54 Å². The SMILES string of the molecule is CC(=O)NCCc1c2n(c3ccccc13)C(C)(C)CC2. The molecule has 0 aliphatic carbocycles. The van der Waals surface area contributed by atoms with E-state index in [9.17, 15) is 4.79 Å². The maximum atomic E-state index is 11.1. The van der Waals surface area contributed by atoms with Crippen molar-refractivity contribution >= 4 is 16.8 Å². The fourth-order valence-electron chi connectivity index (χ4n) is 3.49. The molecule has 0 atom stereocenters. The Balaban J connectivity index is 2.06. The predicted molar refractivity (Wildman–Crippen MR) is 82.0 cm³/mol. The maximum Gasteiger partial charge on any atom is 0.216 e. The van der Waals surface area contributed by atoms with Gasteiger partial charge in [-0.1, -0.05) is 18.2 Å². The van der Waals surface area contributed by atoms with Crippen molar-refractivity contribution in [2.45, 2.75) is 45.6 Å². The Labute approximate surface area is 120 Å². The molecule has 106 valence electrons. The van der Waals surface area contributed by atoms with E-state index in [1.54, 1.807) is 6.92 Å². The number of amides is 1. The van der Waals surface area contributed by atoms with Gasteiger partial charge in [-0.2, -0.15) is 0 Å². The molecule has 3 nitrogen and oxygen atoms in total. The molecule has 1 N–H and O–H groups in total. The van der Waals surface area contributed by atoms with Crippen LogP contribution >= 0.6 is 0 Å². The highest BCUT2D eigenvalue weighted by Gasteiger charge is 2.33. The number of nitrogens with one attached hydrogen (secondary N) is 1. The van der Waals surface area contributed by atoms with Crippen molar-refractivity contribution in [3.8, 4) is 0 Å². The van der Waals surface area contributed by atoms with E-state index in [0.717, 1.165) is 19.4 Å². The molecule has 3 rings (SSSR count). The maximum absolute atomic E-state index is 11.1. The van der Waals surface area contributed by atoms with Crippen LogP contribution in [0.4, 0.5) is 0 Å². The third-order valence-corrected chi connectivity index (χ3v) is 4.42. The van der Waals surface area contributed by atoms with E-state index < -0.39 is 0 Å². The number of rotatable bonds is 3. The van der Waals surface area contributed by atoms with Gasteiger partial charge in [-0.15, -0.1) is 0 Å². The summed E-state index contributed by atoms with van der Waals surface area (Å²) in [7, 11) is 0. The molecule has 2 heterocycles. The zero-order chi connectivity index (χ0) is 14.3. The molecule has 2 aromatic rings. The molecule has 0 fully saturated rings. The molecule has 0 saturated heterocycles. The molecule has 3 heteroatoms. The van der Waals surface area contributed by atoms with Gasteiger partial charge in [-0.3, -0.25) is 4.79 Å². The van der Waals surface area contributed by atoms with Gasteiger partial charge in [0.05, 0.1) is 0 Å². The first kappa shape index (κ1) is 13.2. The summed E-state index contributed by atoms with van der Waals surface area (Å²) in [5.74, 6) is 0.0468. The summed E-state index contributed by atoms with van der Waals surface area (Å²) in [5, 5.41) is 4.26. The third kappa shape index (κ3) is 2.01. The molecule has 0 spiro atoms. The normalized spacial score (nSPS) is 16.4. The number of nitrogens with zero attached hydrogens (tertiary/aromatic N) is 1. The lowest BCUT2D eigenvalue weighted by Crippen LogP contribution is -2.22. The van der Waals surface area contributed by atoms with Crippen LogP contribution in [-0.4, -0.2) is 17.0 Å². The van der Waals surface area contributed by atoms with Gasteiger partial charge in [0.15, 0.2) is 0 Å². The number of carbonyl (C=O) groups excluding carboxylic acids is 1. The molecule has 1 amide bonds. The van der Waals surface area contributed by atoms with Crippen molar-refractivity contribution < 1.29 is 4.79 Å². The van der Waals surface area contributed by atoms with Crippen LogP contribution in [0.2, 0.25) is 0 Å². The van der Waals surface area contributed by atoms with Gasteiger partial charge in [-0.05, 0) is 44.7 Å². The van der Waals surface area contributed by atoms with E-state index in [0.29, 0.717) is 0 Å². The van der Waals surface area contributed by atoms with E-state index in [2.05, 4.69) is 48.0 Å². The van der Waals surface area contributed by atoms with Crippen LogP contribution in [-0.2, 0) is 23.2 Å². The van der Waals surface area contributed by atoms with E-state index in [1.807, 2.05) is 0 Å². The lowest BCUT2D eigenvalue weighted by atomic mass is 9.99. The first-order valence-corrected chi connectivity index (χ1v) is 7.37. The number of benzene rings is 1. The predicted octanol–water partition coefficient (Wildman–Crippen LogP) is 3.00. The number of hydrogen-bond donors (Lipinski definition) is 1. The van der Waals surface area contributed by atoms with E-state index in [1.165, 1.54) is 28.6 Å². The summed E-state index contributed by atoms with van der Waals surface area (Å²) in [4.78, 5) is 11.1. The van der Waals surface area contributed by atoms with E-state index in [-0.39, 0.29) is 11.4 Å². The van der Waals surface area contributed by atoms with Crippen LogP contribution in [0.25, 0.3) is 10.9 Å². The van der Waals surface area contributed by atoms with Gasteiger partial charge in [0, 0.05) is 35.6 Å². The number of fused-ring (bicyclic) bond motifs is 3. The number of hydrogen-bond acceptors (Lipinski definition) is 1. The van der Waals surface area contributed by atoms with E-state index in [4.69, 9.17) is 0 Å². The monoisotopic (exact) mass is 270 g/mol. The molecule has 0 saturated carbocycles. The van der Waals surface area contributed by atoms with Crippen LogP contribution in [0.3, 0.4) is 0 Å².